The van der Waals surface area contributed by atoms with Gasteiger partial charge in [-0.2, -0.15) is 0 Å². The average Bonchev–Trinajstić information content (AvgIpc) is 3.05. The number of nitrogens with zero attached hydrogens (tertiary/aromatic N) is 2. The summed E-state index contributed by atoms with van der Waals surface area (Å²) in [7, 11) is 0. The number of benzene rings is 2. The summed E-state index contributed by atoms with van der Waals surface area (Å²) in [5.41, 5.74) is 4.58. The van der Waals surface area contributed by atoms with Crippen LogP contribution in [0, 0.1) is 0 Å². The molecule has 2 aromatic rings. The minimum atomic E-state index is -1.61. The minimum absolute atomic E-state index is 0.0344. The number of aliphatic hydroxyl groups excluding tert-OH is 1. The Labute approximate surface area is 169 Å². The van der Waals surface area contributed by atoms with E-state index in [1.165, 1.54) is 9.80 Å². The third kappa shape index (κ3) is 3.59. The van der Waals surface area contributed by atoms with Crippen molar-refractivity contribution < 1.29 is 24.5 Å². The molecule has 1 heterocycles. The molecule has 2 aromatic carbocycles. The summed E-state index contributed by atoms with van der Waals surface area (Å²) in [6.45, 7) is 2.16. The first-order valence-corrected chi connectivity index (χ1v) is 9.73. The molecule has 4 rings (SSSR count). The maximum Gasteiger partial charge on any atom is 0.410 e. The summed E-state index contributed by atoms with van der Waals surface area (Å²) in [6.07, 6.45) is -2.14. The zero-order valence-corrected chi connectivity index (χ0v) is 16.2. The van der Waals surface area contributed by atoms with Crippen molar-refractivity contribution in [2.24, 2.45) is 0 Å². The van der Waals surface area contributed by atoms with Crippen LogP contribution in [0.15, 0.2) is 48.5 Å². The molecule has 2 amide bonds. The molecule has 0 unspecified atom stereocenters. The predicted molar refractivity (Wildman–Crippen MR) is 106 cm³/mol. The lowest BCUT2D eigenvalue weighted by atomic mass is 9.98. The van der Waals surface area contributed by atoms with Gasteiger partial charge in [0.25, 0.3) is 0 Å². The largest absolute Gasteiger partial charge is 0.448 e. The van der Waals surface area contributed by atoms with Crippen LogP contribution < -0.4 is 0 Å². The molecule has 1 fully saturated rings. The van der Waals surface area contributed by atoms with E-state index >= 15 is 0 Å². The van der Waals surface area contributed by atoms with Crippen molar-refractivity contribution in [2.45, 2.75) is 25.2 Å². The highest BCUT2D eigenvalue weighted by Gasteiger charge is 2.34. The van der Waals surface area contributed by atoms with Crippen LogP contribution in [0.2, 0.25) is 0 Å². The zero-order valence-electron chi connectivity index (χ0n) is 16.2. The van der Waals surface area contributed by atoms with Crippen LogP contribution in [0.25, 0.3) is 11.1 Å². The highest BCUT2D eigenvalue weighted by molar-refractivity contribution is 5.84. The summed E-state index contributed by atoms with van der Waals surface area (Å²) in [5, 5.41) is 18.6. The predicted octanol–water partition coefficient (Wildman–Crippen LogP) is 1.78. The smallest absolute Gasteiger partial charge is 0.410 e. The van der Waals surface area contributed by atoms with Gasteiger partial charge in [0.15, 0.2) is 6.29 Å². The third-order valence-electron chi connectivity index (χ3n) is 5.77. The van der Waals surface area contributed by atoms with Crippen LogP contribution in [0.1, 0.15) is 24.0 Å². The van der Waals surface area contributed by atoms with E-state index in [1.807, 2.05) is 24.3 Å². The first-order chi connectivity index (χ1) is 14.0. The van der Waals surface area contributed by atoms with E-state index in [2.05, 4.69) is 24.3 Å². The van der Waals surface area contributed by atoms with Crippen LogP contribution in [0.4, 0.5) is 4.79 Å². The van der Waals surface area contributed by atoms with E-state index in [-0.39, 0.29) is 31.5 Å². The summed E-state index contributed by atoms with van der Waals surface area (Å²) >= 11 is 0. The summed E-state index contributed by atoms with van der Waals surface area (Å²) in [5.74, 6) is -0.363. The number of aliphatic hydroxyl groups is 2. The first kappa shape index (κ1) is 19.4. The molecule has 29 heavy (non-hydrogen) atoms. The van der Waals surface area contributed by atoms with Crippen LogP contribution in [0.3, 0.4) is 0 Å². The Morgan fingerprint density at radius 3 is 2.21 bits per heavy atom. The Hall–Kier alpha value is -2.90. The molecule has 2 N–H and O–H groups in total. The molecule has 0 saturated carbocycles. The first-order valence-electron chi connectivity index (χ1n) is 9.73. The van der Waals surface area contributed by atoms with E-state index in [1.54, 1.807) is 6.92 Å². The van der Waals surface area contributed by atoms with Gasteiger partial charge >= 0.3 is 6.09 Å². The molecule has 0 aromatic heterocycles. The monoisotopic (exact) mass is 396 g/mol. The Morgan fingerprint density at radius 1 is 1.07 bits per heavy atom. The van der Waals surface area contributed by atoms with E-state index in [0.717, 1.165) is 22.3 Å². The fourth-order valence-electron chi connectivity index (χ4n) is 4.12. The van der Waals surface area contributed by atoms with Gasteiger partial charge in [-0.15, -0.1) is 0 Å². The van der Waals surface area contributed by atoms with Crippen molar-refractivity contribution in [3.05, 3.63) is 59.7 Å². The molecule has 0 bridgehead atoms. The van der Waals surface area contributed by atoms with Crippen molar-refractivity contribution >= 4 is 12.0 Å². The van der Waals surface area contributed by atoms with Gasteiger partial charge in [0, 0.05) is 19.0 Å². The number of piperazine rings is 1. The van der Waals surface area contributed by atoms with Crippen LogP contribution >= 0.6 is 0 Å². The zero-order chi connectivity index (χ0) is 20.5. The number of rotatable bonds is 4. The van der Waals surface area contributed by atoms with Gasteiger partial charge in [-0.05, 0) is 29.2 Å². The quantitative estimate of drug-likeness (QED) is 0.769. The van der Waals surface area contributed by atoms with E-state index in [0.29, 0.717) is 6.54 Å². The lowest BCUT2D eigenvalue weighted by Crippen LogP contribution is -2.57. The van der Waals surface area contributed by atoms with Gasteiger partial charge < -0.3 is 19.8 Å². The van der Waals surface area contributed by atoms with Gasteiger partial charge in [-0.1, -0.05) is 48.5 Å². The molecule has 7 nitrogen and oxygen atoms in total. The van der Waals surface area contributed by atoms with Gasteiger partial charge in [0.05, 0.1) is 6.04 Å². The summed E-state index contributed by atoms with van der Waals surface area (Å²) < 4.78 is 5.59. The Morgan fingerprint density at radius 2 is 1.66 bits per heavy atom. The minimum Gasteiger partial charge on any atom is -0.448 e. The second-order valence-electron chi connectivity index (χ2n) is 7.47. The number of fused-ring (bicyclic) bond motifs is 3. The number of ether oxygens (including phenoxy) is 1. The fourth-order valence-corrected chi connectivity index (χ4v) is 4.12. The van der Waals surface area contributed by atoms with Gasteiger partial charge in [-0.3, -0.25) is 9.69 Å². The average molecular weight is 396 g/mol. The Balaban J connectivity index is 1.41. The normalized spacial score (nSPS) is 17.3. The molecule has 1 saturated heterocycles. The summed E-state index contributed by atoms with van der Waals surface area (Å²) in [4.78, 5) is 27.6. The lowest BCUT2D eigenvalue weighted by Gasteiger charge is -2.37. The lowest BCUT2D eigenvalue weighted by molar-refractivity contribution is -0.150. The molecule has 2 aliphatic rings. The van der Waals surface area contributed by atoms with Crippen molar-refractivity contribution in [1.29, 1.82) is 0 Å². The SMILES string of the molecule is C[C@@H](C(O)O)N1CCN(C(=O)OCC2c3ccccc3-c3ccccc32)CC1=O. The highest BCUT2D eigenvalue weighted by Crippen LogP contribution is 2.44. The molecule has 152 valence electrons. The van der Waals surface area contributed by atoms with Crippen molar-refractivity contribution in [3.8, 4) is 11.1 Å². The fraction of sp³-hybridized carbons (Fsp3) is 0.364. The molecule has 1 aliphatic heterocycles. The molecule has 1 aliphatic carbocycles. The van der Waals surface area contributed by atoms with Crippen LogP contribution in [0.5, 0.6) is 0 Å². The molecular weight excluding hydrogens is 372 g/mol. The maximum absolute atomic E-state index is 12.6. The second kappa shape index (κ2) is 7.85. The second-order valence-corrected chi connectivity index (χ2v) is 7.47. The molecule has 1 atom stereocenters. The van der Waals surface area contributed by atoms with E-state index in [9.17, 15) is 19.8 Å². The number of carbonyl (C=O) groups excluding carboxylic acids is 2. The van der Waals surface area contributed by atoms with E-state index in [4.69, 9.17) is 4.74 Å². The number of carbonyl (C=O) groups is 2. The van der Waals surface area contributed by atoms with Gasteiger partial charge in [0.1, 0.15) is 13.2 Å². The van der Waals surface area contributed by atoms with Crippen LogP contribution in [-0.2, 0) is 9.53 Å². The van der Waals surface area contributed by atoms with E-state index < -0.39 is 18.4 Å². The van der Waals surface area contributed by atoms with Crippen molar-refractivity contribution in [2.75, 3.05) is 26.2 Å². The number of hydrogen-bond donors (Lipinski definition) is 2. The Kier molecular flexibility index (Phi) is 5.25. The standard InChI is InChI=1S/C22H24N2O5/c1-14(21(26)27)24-11-10-23(12-20(24)25)22(28)29-13-19-17-8-4-2-6-15(17)16-7-3-5-9-18(16)19/h2-9,14,19,21,26-27H,10-13H2,1H3/t14-/m0/s1. The molecule has 7 heteroatoms. The summed E-state index contributed by atoms with van der Waals surface area (Å²) in [6, 6.07) is 15.5. The van der Waals surface area contributed by atoms with Crippen LogP contribution in [-0.4, -0.2) is 70.6 Å². The number of hydrogen-bond acceptors (Lipinski definition) is 5. The van der Waals surface area contributed by atoms with Crippen molar-refractivity contribution in [3.63, 3.8) is 0 Å². The number of amides is 2. The van der Waals surface area contributed by atoms with Gasteiger partial charge in [0.2, 0.25) is 5.91 Å². The molecule has 0 radical (unpaired) electrons. The topological polar surface area (TPSA) is 90.3 Å². The van der Waals surface area contributed by atoms with Gasteiger partial charge in [-0.25, -0.2) is 4.79 Å². The molecule has 0 spiro atoms. The third-order valence-corrected chi connectivity index (χ3v) is 5.77. The Bertz CT molecular complexity index is 883. The highest BCUT2D eigenvalue weighted by atomic mass is 16.6. The maximum atomic E-state index is 12.6. The van der Waals surface area contributed by atoms with Crippen molar-refractivity contribution in [1.82, 2.24) is 9.80 Å². The molecular formula is C22H24N2O5.